The molecule has 142 valence electrons. The highest BCUT2D eigenvalue weighted by molar-refractivity contribution is 6.31. The number of halogens is 1. The third kappa shape index (κ3) is 4.15. The summed E-state index contributed by atoms with van der Waals surface area (Å²) in [5, 5.41) is 6.56. The quantitative estimate of drug-likeness (QED) is 0.664. The van der Waals surface area contributed by atoms with Crippen molar-refractivity contribution < 1.29 is 14.3 Å². The molecule has 2 N–H and O–H groups in total. The fourth-order valence-electron chi connectivity index (χ4n) is 2.69. The van der Waals surface area contributed by atoms with Crippen LogP contribution in [0, 0.1) is 0 Å². The van der Waals surface area contributed by atoms with Gasteiger partial charge in [-0.3, -0.25) is 4.79 Å². The van der Waals surface area contributed by atoms with Crippen molar-refractivity contribution in [1.29, 1.82) is 0 Å². The molecule has 28 heavy (non-hydrogen) atoms. The number of nitrogens with zero attached hydrogens (tertiary/aromatic N) is 2. The number of ether oxygens (including phenoxy) is 2. The Morgan fingerprint density at radius 1 is 1.04 bits per heavy atom. The first kappa shape index (κ1) is 18.1. The third-order valence-electron chi connectivity index (χ3n) is 4.19. The zero-order valence-corrected chi connectivity index (χ0v) is 15.6. The van der Waals surface area contributed by atoms with Crippen molar-refractivity contribution in [3.63, 3.8) is 0 Å². The largest absolute Gasteiger partial charge is 0.454 e. The Hall–Kier alpha value is -3.32. The topological polar surface area (TPSA) is 85.4 Å². The van der Waals surface area contributed by atoms with Gasteiger partial charge in [-0.25, -0.2) is 9.97 Å². The Bertz CT molecular complexity index is 995. The molecule has 1 aliphatic rings. The van der Waals surface area contributed by atoms with Crippen molar-refractivity contribution in [2.75, 3.05) is 12.1 Å². The van der Waals surface area contributed by atoms with E-state index in [1.165, 1.54) is 12.4 Å². The van der Waals surface area contributed by atoms with Gasteiger partial charge in [-0.15, -0.1) is 0 Å². The van der Waals surface area contributed by atoms with Crippen LogP contribution >= 0.6 is 11.6 Å². The van der Waals surface area contributed by atoms with Crippen LogP contribution in [0.4, 0.5) is 5.82 Å². The summed E-state index contributed by atoms with van der Waals surface area (Å²) in [6, 6.07) is 13.1. The molecule has 2 aromatic carbocycles. The van der Waals surface area contributed by atoms with Gasteiger partial charge in [0.05, 0.1) is 12.4 Å². The lowest BCUT2D eigenvalue weighted by molar-refractivity contribution is 0.0945. The summed E-state index contributed by atoms with van der Waals surface area (Å²) < 4.78 is 10.7. The minimum Gasteiger partial charge on any atom is -0.454 e. The number of benzene rings is 2. The van der Waals surface area contributed by atoms with E-state index >= 15 is 0 Å². The summed E-state index contributed by atoms with van der Waals surface area (Å²) in [5.74, 6) is 1.74. The van der Waals surface area contributed by atoms with Gasteiger partial charge in [0.1, 0.15) is 11.5 Å². The molecular weight excluding hydrogens is 380 g/mol. The Morgan fingerprint density at radius 3 is 2.71 bits per heavy atom. The third-order valence-corrected chi connectivity index (χ3v) is 4.56. The van der Waals surface area contributed by atoms with Crippen LogP contribution in [0.15, 0.2) is 54.9 Å². The van der Waals surface area contributed by atoms with Crippen LogP contribution in [-0.4, -0.2) is 22.7 Å². The van der Waals surface area contributed by atoms with Crippen molar-refractivity contribution in [2.24, 2.45) is 0 Å². The van der Waals surface area contributed by atoms with E-state index in [9.17, 15) is 4.79 Å². The van der Waals surface area contributed by atoms with Gasteiger partial charge < -0.3 is 20.1 Å². The highest BCUT2D eigenvalue weighted by Crippen LogP contribution is 2.32. The molecule has 7 nitrogen and oxygen atoms in total. The average Bonchev–Trinajstić information content (AvgIpc) is 3.20. The van der Waals surface area contributed by atoms with E-state index in [0.717, 1.165) is 22.6 Å². The number of anilines is 1. The molecule has 8 heteroatoms. The van der Waals surface area contributed by atoms with Crippen LogP contribution in [0.3, 0.4) is 0 Å². The van der Waals surface area contributed by atoms with E-state index < -0.39 is 0 Å². The van der Waals surface area contributed by atoms with Gasteiger partial charge in [0.2, 0.25) is 6.79 Å². The number of hydrogen-bond acceptors (Lipinski definition) is 6. The molecule has 0 radical (unpaired) electrons. The number of hydrogen-bond donors (Lipinski definition) is 2. The second-order valence-corrected chi connectivity index (χ2v) is 6.51. The fourth-order valence-corrected chi connectivity index (χ4v) is 2.89. The minimum atomic E-state index is -0.310. The molecule has 3 aromatic rings. The van der Waals surface area contributed by atoms with Crippen molar-refractivity contribution >= 4 is 23.3 Å². The average molecular weight is 397 g/mol. The molecule has 0 saturated carbocycles. The van der Waals surface area contributed by atoms with E-state index in [4.69, 9.17) is 21.1 Å². The van der Waals surface area contributed by atoms with Gasteiger partial charge in [0.25, 0.3) is 5.91 Å². The molecule has 1 amide bonds. The lowest BCUT2D eigenvalue weighted by Gasteiger charge is -2.08. The molecule has 0 unspecified atom stereocenters. The molecule has 0 spiro atoms. The van der Waals surface area contributed by atoms with Crippen LogP contribution in [0.25, 0.3) is 0 Å². The zero-order chi connectivity index (χ0) is 19.3. The van der Waals surface area contributed by atoms with E-state index in [1.807, 2.05) is 36.4 Å². The first-order valence-electron chi connectivity index (χ1n) is 8.65. The first-order valence-corrected chi connectivity index (χ1v) is 9.03. The van der Waals surface area contributed by atoms with Crippen molar-refractivity contribution in [3.05, 3.63) is 76.7 Å². The number of carbonyl (C=O) groups is 1. The van der Waals surface area contributed by atoms with Gasteiger partial charge in [0, 0.05) is 18.1 Å². The van der Waals surface area contributed by atoms with Gasteiger partial charge in [-0.2, -0.15) is 0 Å². The van der Waals surface area contributed by atoms with Gasteiger partial charge in [0.15, 0.2) is 11.5 Å². The summed E-state index contributed by atoms with van der Waals surface area (Å²) in [6.45, 7) is 1.12. The predicted molar refractivity (Wildman–Crippen MR) is 105 cm³/mol. The monoisotopic (exact) mass is 396 g/mol. The number of rotatable bonds is 6. The fraction of sp³-hybridized carbons (Fsp3) is 0.150. The first-order chi connectivity index (χ1) is 13.7. The maximum absolute atomic E-state index is 12.2. The number of carbonyl (C=O) groups excluding carboxylic acids is 1. The van der Waals surface area contributed by atoms with Crippen LogP contribution in [0.5, 0.6) is 11.5 Å². The molecule has 1 aromatic heterocycles. The summed E-state index contributed by atoms with van der Waals surface area (Å²) in [7, 11) is 0. The molecule has 1 aliphatic heterocycles. The molecule has 0 aliphatic carbocycles. The Morgan fingerprint density at radius 2 is 1.89 bits per heavy atom. The van der Waals surface area contributed by atoms with Crippen LogP contribution < -0.4 is 20.1 Å². The predicted octanol–water partition coefficient (Wildman–Crippen LogP) is 3.40. The standard InChI is InChI=1S/C20H17ClN4O3/c21-15-4-2-1-3-14(15)9-25-20(26)16-10-24-19(11-22-16)23-8-13-5-6-17-18(7-13)28-12-27-17/h1-7,10-11H,8-9,12H2,(H,23,24)(H,25,26). The lowest BCUT2D eigenvalue weighted by Crippen LogP contribution is -2.24. The van der Waals surface area contributed by atoms with Crippen molar-refractivity contribution in [1.82, 2.24) is 15.3 Å². The Labute approximate surface area is 166 Å². The van der Waals surface area contributed by atoms with Crippen molar-refractivity contribution in [2.45, 2.75) is 13.1 Å². The molecule has 0 atom stereocenters. The lowest BCUT2D eigenvalue weighted by atomic mass is 10.2. The SMILES string of the molecule is O=C(NCc1ccccc1Cl)c1cnc(NCc2ccc3c(c2)OCO3)cn1. The highest BCUT2D eigenvalue weighted by Gasteiger charge is 2.13. The summed E-state index contributed by atoms with van der Waals surface area (Å²) in [5.41, 5.74) is 2.10. The number of nitrogens with one attached hydrogen (secondary N) is 2. The molecule has 2 heterocycles. The van der Waals surface area contributed by atoms with Crippen LogP contribution in [-0.2, 0) is 13.1 Å². The molecule has 4 rings (SSSR count). The van der Waals surface area contributed by atoms with Crippen molar-refractivity contribution in [3.8, 4) is 11.5 Å². The van der Waals surface area contributed by atoms with E-state index in [0.29, 0.717) is 23.9 Å². The maximum Gasteiger partial charge on any atom is 0.271 e. The normalized spacial score (nSPS) is 11.9. The highest BCUT2D eigenvalue weighted by atomic mass is 35.5. The van der Waals surface area contributed by atoms with Crippen LogP contribution in [0.1, 0.15) is 21.6 Å². The summed E-state index contributed by atoms with van der Waals surface area (Å²) >= 11 is 6.09. The van der Waals surface area contributed by atoms with E-state index in [-0.39, 0.29) is 18.4 Å². The van der Waals surface area contributed by atoms with Gasteiger partial charge in [-0.1, -0.05) is 35.9 Å². The smallest absolute Gasteiger partial charge is 0.271 e. The maximum atomic E-state index is 12.2. The molecule has 0 fully saturated rings. The molecular formula is C20H17ClN4O3. The molecule has 0 saturated heterocycles. The zero-order valence-electron chi connectivity index (χ0n) is 14.8. The van der Waals surface area contributed by atoms with E-state index in [1.54, 1.807) is 6.07 Å². The van der Waals surface area contributed by atoms with Gasteiger partial charge in [-0.05, 0) is 29.3 Å². The van der Waals surface area contributed by atoms with Crippen LogP contribution in [0.2, 0.25) is 5.02 Å². The number of aromatic nitrogens is 2. The second kappa shape index (κ2) is 8.14. The minimum absolute atomic E-state index is 0.237. The summed E-state index contributed by atoms with van der Waals surface area (Å²) in [6.07, 6.45) is 2.96. The Balaban J connectivity index is 1.32. The van der Waals surface area contributed by atoms with Gasteiger partial charge >= 0.3 is 0 Å². The molecule has 0 bridgehead atoms. The van der Waals surface area contributed by atoms with E-state index in [2.05, 4.69) is 20.6 Å². The Kier molecular flexibility index (Phi) is 5.25. The summed E-state index contributed by atoms with van der Waals surface area (Å²) in [4.78, 5) is 20.6. The second-order valence-electron chi connectivity index (χ2n) is 6.10. The number of fused-ring (bicyclic) bond motifs is 1. The number of amides is 1.